The quantitative estimate of drug-likeness (QED) is 0.716. The molecule has 0 aromatic heterocycles. The van der Waals surface area contributed by atoms with Crippen molar-refractivity contribution in [2.75, 3.05) is 0 Å². The molecule has 2 aliphatic heterocycles. The summed E-state index contributed by atoms with van der Waals surface area (Å²) in [5, 5.41) is 9.39. The molecule has 1 fully saturated rings. The van der Waals surface area contributed by atoms with E-state index in [1.165, 1.54) is 0 Å². The Hall–Kier alpha value is -0.640. The molecule has 2 heterocycles. The number of aliphatic hydroxyl groups excluding tert-OH is 1. The molecule has 0 unspecified atom stereocenters. The summed E-state index contributed by atoms with van der Waals surface area (Å²) in [6.45, 7) is 7.61. The zero-order valence-corrected chi connectivity index (χ0v) is 9.22. The molecule has 0 spiro atoms. The van der Waals surface area contributed by atoms with Crippen molar-refractivity contribution < 1.29 is 14.6 Å². The minimum absolute atomic E-state index is 0.0163. The van der Waals surface area contributed by atoms with E-state index in [-0.39, 0.29) is 24.4 Å². The summed E-state index contributed by atoms with van der Waals surface area (Å²) in [7, 11) is 0. The lowest BCUT2D eigenvalue weighted by Crippen LogP contribution is -2.40. The number of ether oxygens (including phenoxy) is 2. The van der Waals surface area contributed by atoms with E-state index in [0.717, 1.165) is 12.0 Å². The van der Waals surface area contributed by atoms with Crippen molar-refractivity contribution in [3.05, 3.63) is 24.3 Å². The molecular weight excluding hydrogens is 192 g/mol. The summed E-state index contributed by atoms with van der Waals surface area (Å²) >= 11 is 0. The summed E-state index contributed by atoms with van der Waals surface area (Å²) in [6, 6.07) is 0. The van der Waals surface area contributed by atoms with Crippen LogP contribution in [0, 0.1) is 0 Å². The van der Waals surface area contributed by atoms with E-state index >= 15 is 0 Å². The van der Waals surface area contributed by atoms with Gasteiger partial charge in [-0.3, -0.25) is 0 Å². The van der Waals surface area contributed by atoms with E-state index in [0.29, 0.717) is 0 Å². The van der Waals surface area contributed by atoms with Crippen LogP contribution >= 0.6 is 0 Å². The van der Waals surface area contributed by atoms with Crippen LogP contribution in [0.5, 0.6) is 0 Å². The zero-order valence-electron chi connectivity index (χ0n) is 9.22. The second-order valence-corrected chi connectivity index (χ2v) is 4.39. The molecule has 84 valence electrons. The van der Waals surface area contributed by atoms with E-state index in [4.69, 9.17) is 9.47 Å². The van der Waals surface area contributed by atoms with Gasteiger partial charge in [0.25, 0.3) is 0 Å². The van der Waals surface area contributed by atoms with E-state index in [1.54, 1.807) is 6.92 Å². The fraction of sp³-hybridized carbons (Fsp3) is 0.667. The van der Waals surface area contributed by atoms with Crippen molar-refractivity contribution in [2.45, 2.75) is 50.8 Å². The number of hydrogen-bond acceptors (Lipinski definition) is 3. The third kappa shape index (κ3) is 2.14. The van der Waals surface area contributed by atoms with Crippen molar-refractivity contribution >= 4 is 0 Å². The van der Waals surface area contributed by atoms with Crippen LogP contribution in [0.1, 0.15) is 20.3 Å². The Morgan fingerprint density at radius 3 is 2.93 bits per heavy atom. The molecule has 0 aromatic rings. The molecule has 15 heavy (non-hydrogen) atoms. The van der Waals surface area contributed by atoms with Crippen molar-refractivity contribution in [3.8, 4) is 0 Å². The first-order chi connectivity index (χ1) is 7.08. The Kier molecular flexibility index (Phi) is 2.96. The van der Waals surface area contributed by atoms with Crippen LogP contribution < -0.4 is 0 Å². The fourth-order valence-electron chi connectivity index (χ4n) is 1.94. The lowest BCUT2D eigenvalue weighted by atomic mass is 10.00. The average Bonchev–Trinajstić information content (AvgIpc) is 2.56. The normalized spacial score (nSPS) is 38.1. The minimum atomic E-state index is -0.471. The first kappa shape index (κ1) is 10.9. The van der Waals surface area contributed by atoms with E-state index in [2.05, 4.69) is 12.7 Å². The largest absolute Gasteiger partial charge is 0.391 e. The molecule has 2 rings (SSSR count). The molecule has 0 aliphatic carbocycles. The number of rotatable bonds is 3. The zero-order chi connectivity index (χ0) is 11.0. The lowest BCUT2D eigenvalue weighted by Gasteiger charge is -2.34. The third-order valence-electron chi connectivity index (χ3n) is 3.05. The highest BCUT2D eigenvalue weighted by molar-refractivity contribution is 5.22. The molecule has 1 saturated heterocycles. The Morgan fingerprint density at radius 2 is 2.27 bits per heavy atom. The highest BCUT2D eigenvalue weighted by Gasteiger charge is 2.37. The maximum atomic E-state index is 9.39. The number of aliphatic hydroxyl groups is 1. The highest BCUT2D eigenvalue weighted by Crippen LogP contribution is 2.32. The van der Waals surface area contributed by atoms with Gasteiger partial charge in [-0.15, -0.1) is 0 Å². The summed E-state index contributed by atoms with van der Waals surface area (Å²) in [4.78, 5) is 0. The van der Waals surface area contributed by atoms with Crippen molar-refractivity contribution in [1.29, 1.82) is 0 Å². The Morgan fingerprint density at radius 1 is 1.53 bits per heavy atom. The van der Waals surface area contributed by atoms with Crippen LogP contribution in [-0.4, -0.2) is 35.6 Å². The first-order valence-electron chi connectivity index (χ1n) is 5.43. The second-order valence-electron chi connectivity index (χ2n) is 4.39. The smallest absolute Gasteiger partial charge is 0.109 e. The maximum absolute atomic E-state index is 9.39. The molecule has 2 aliphatic rings. The highest BCUT2D eigenvalue weighted by atomic mass is 16.6. The molecular formula is C12H18O3. The molecule has 3 heteroatoms. The van der Waals surface area contributed by atoms with Gasteiger partial charge in [0.1, 0.15) is 12.2 Å². The maximum Gasteiger partial charge on any atom is 0.109 e. The molecule has 3 nitrogen and oxygen atoms in total. The van der Waals surface area contributed by atoms with Gasteiger partial charge in [0.15, 0.2) is 0 Å². The first-order valence-corrected chi connectivity index (χ1v) is 5.43. The van der Waals surface area contributed by atoms with Crippen molar-refractivity contribution in [2.24, 2.45) is 0 Å². The predicted molar refractivity (Wildman–Crippen MR) is 57.6 cm³/mol. The number of hydrogen-bond donors (Lipinski definition) is 1. The van der Waals surface area contributed by atoms with Crippen LogP contribution in [0.4, 0.5) is 0 Å². The average molecular weight is 210 g/mol. The van der Waals surface area contributed by atoms with Crippen molar-refractivity contribution in [1.82, 2.24) is 0 Å². The summed E-state index contributed by atoms with van der Waals surface area (Å²) in [5.74, 6) is 0. The van der Waals surface area contributed by atoms with Gasteiger partial charge in [-0.05, 0) is 19.4 Å². The van der Waals surface area contributed by atoms with Crippen LogP contribution in [0.25, 0.3) is 0 Å². The lowest BCUT2D eigenvalue weighted by molar-refractivity contribution is -0.113. The van der Waals surface area contributed by atoms with E-state index in [9.17, 15) is 5.11 Å². The topological polar surface area (TPSA) is 38.7 Å². The van der Waals surface area contributed by atoms with Crippen LogP contribution in [-0.2, 0) is 9.47 Å². The molecule has 0 saturated carbocycles. The van der Waals surface area contributed by atoms with Gasteiger partial charge in [0, 0.05) is 6.42 Å². The second kappa shape index (κ2) is 4.08. The molecule has 0 radical (unpaired) electrons. The van der Waals surface area contributed by atoms with Gasteiger partial charge in [-0.2, -0.15) is 0 Å². The summed E-state index contributed by atoms with van der Waals surface area (Å²) in [5.41, 5.74) is 1.06. The monoisotopic (exact) mass is 210 g/mol. The van der Waals surface area contributed by atoms with Crippen LogP contribution in [0.3, 0.4) is 0 Å². The van der Waals surface area contributed by atoms with E-state index in [1.807, 2.05) is 13.0 Å². The third-order valence-corrected chi connectivity index (χ3v) is 3.05. The fourth-order valence-corrected chi connectivity index (χ4v) is 1.94. The molecule has 1 N–H and O–H groups in total. The minimum Gasteiger partial charge on any atom is -0.391 e. The molecule has 0 amide bonds. The summed E-state index contributed by atoms with van der Waals surface area (Å²) < 4.78 is 11.5. The van der Waals surface area contributed by atoms with Crippen LogP contribution in [0.2, 0.25) is 0 Å². The molecule has 5 atom stereocenters. The Bertz CT molecular complexity index is 283. The SMILES string of the molecule is C=C1C[C@H]2C=C[C@H](O2)[C@H]1O[C@H](C)[C@@H](C)O. The van der Waals surface area contributed by atoms with Gasteiger partial charge in [0.2, 0.25) is 0 Å². The van der Waals surface area contributed by atoms with Gasteiger partial charge < -0.3 is 14.6 Å². The Balaban J connectivity index is 2.01. The van der Waals surface area contributed by atoms with Gasteiger partial charge in [-0.1, -0.05) is 18.7 Å². The molecule has 2 bridgehead atoms. The van der Waals surface area contributed by atoms with Crippen LogP contribution in [0.15, 0.2) is 24.3 Å². The predicted octanol–water partition coefficient (Wildman–Crippen LogP) is 1.42. The Labute approximate surface area is 90.4 Å². The standard InChI is InChI=1S/C12H18O3/c1-7-6-10-4-5-11(15-10)12(7)14-9(3)8(2)13/h4-5,8-13H,1,6H2,2-3H3/t8-,9-,10-,11+,12+/m1/s1. The van der Waals surface area contributed by atoms with Gasteiger partial charge in [0.05, 0.1) is 18.3 Å². The van der Waals surface area contributed by atoms with E-state index < -0.39 is 6.10 Å². The molecule has 0 aromatic carbocycles. The summed E-state index contributed by atoms with van der Waals surface area (Å²) in [6.07, 6.45) is 4.31. The van der Waals surface area contributed by atoms with Gasteiger partial charge in [-0.25, -0.2) is 0 Å². The van der Waals surface area contributed by atoms with Crippen molar-refractivity contribution in [3.63, 3.8) is 0 Å². The van der Waals surface area contributed by atoms with Gasteiger partial charge >= 0.3 is 0 Å². The number of fused-ring (bicyclic) bond motifs is 2.